The Morgan fingerprint density at radius 3 is 2.17 bits per heavy atom. The second kappa shape index (κ2) is 6.05. The van der Waals surface area contributed by atoms with E-state index in [9.17, 15) is 4.79 Å². The fourth-order valence-electron chi connectivity index (χ4n) is 3.66. The zero-order valence-corrected chi connectivity index (χ0v) is 11.9. The summed E-state index contributed by atoms with van der Waals surface area (Å²) >= 11 is 0. The van der Waals surface area contributed by atoms with Gasteiger partial charge in [-0.2, -0.15) is 0 Å². The van der Waals surface area contributed by atoms with Crippen molar-refractivity contribution in [3.05, 3.63) is 0 Å². The molecule has 2 atom stereocenters. The van der Waals surface area contributed by atoms with Gasteiger partial charge in [0.25, 0.3) is 0 Å². The fraction of sp³-hybridized carbons (Fsp3) is 0.933. The molecule has 1 saturated heterocycles. The summed E-state index contributed by atoms with van der Waals surface area (Å²) < 4.78 is 0. The summed E-state index contributed by atoms with van der Waals surface area (Å²) in [4.78, 5) is 14.6. The number of nitrogens with two attached hydrogens (primary N) is 1. The zero-order chi connectivity index (χ0) is 13.1. The Labute approximate surface area is 111 Å². The predicted molar refractivity (Wildman–Crippen MR) is 74.2 cm³/mol. The second-order valence-corrected chi connectivity index (χ2v) is 6.41. The molecule has 3 nitrogen and oxygen atoms in total. The van der Waals surface area contributed by atoms with Gasteiger partial charge in [-0.1, -0.05) is 0 Å². The number of amides is 1. The van der Waals surface area contributed by atoms with E-state index in [4.69, 9.17) is 5.73 Å². The molecule has 1 heterocycles. The van der Waals surface area contributed by atoms with Crippen molar-refractivity contribution in [1.82, 2.24) is 4.90 Å². The molecule has 0 bridgehead atoms. The molecule has 104 valence electrons. The molecule has 1 aliphatic carbocycles. The number of nitrogens with zero attached hydrogens (tertiary/aromatic N) is 1. The summed E-state index contributed by atoms with van der Waals surface area (Å²) in [5.74, 6) is 0.966. The third-order valence-electron chi connectivity index (χ3n) is 4.84. The van der Waals surface area contributed by atoms with Gasteiger partial charge in [-0.3, -0.25) is 4.79 Å². The van der Waals surface area contributed by atoms with Crippen LogP contribution >= 0.6 is 0 Å². The lowest BCUT2D eigenvalue weighted by Crippen LogP contribution is -2.48. The van der Waals surface area contributed by atoms with Gasteiger partial charge in [-0.15, -0.1) is 0 Å². The summed E-state index contributed by atoms with van der Waals surface area (Å²) in [7, 11) is 0. The predicted octanol–water partition coefficient (Wildman–Crippen LogP) is 2.68. The van der Waals surface area contributed by atoms with Crippen molar-refractivity contribution in [2.45, 2.75) is 83.3 Å². The third-order valence-corrected chi connectivity index (χ3v) is 4.84. The first-order chi connectivity index (χ1) is 8.58. The minimum absolute atomic E-state index is 0.379. The van der Waals surface area contributed by atoms with Crippen LogP contribution in [0.5, 0.6) is 0 Å². The first-order valence-electron chi connectivity index (χ1n) is 7.64. The molecule has 2 N–H and O–H groups in total. The van der Waals surface area contributed by atoms with Gasteiger partial charge in [0.2, 0.25) is 5.91 Å². The molecule has 1 amide bonds. The van der Waals surface area contributed by atoms with Crippen molar-refractivity contribution in [2.75, 3.05) is 0 Å². The highest BCUT2D eigenvalue weighted by atomic mass is 16.2. The van der Waals surface area contributed by atoms with E-state index in [0.717, 1.165) is 32.1 Å². The molecule has 18 heavy (non-hydrogen) atoms. The van der Waals surface area contributed by atoms with Crippen molar-refractivity contribution in [3.8, 4) is 0 Å². The maximum Gasteiger partial charge on any atom is 0.223 e. The summed E-state index contributed by atoms with van der Waals surface area (Å²) in [5.41, 5.74) is 5.92. The van der Waals surface area contributed by atoms with Crippen LogP contribution in [0.25, 0.3) is 0 Å². The smallest absolute Gasteiger partial charge is 0.223 e. The molecule has 3 heteroatoms. The third kappa shape index (κ3) is 3.25. The van der Waals surface area contributed by atoms with Crippen LogP contribution < -0.4 is 5.73 Å². The molecular formula is C15H28N2O. The molecule has 0 aromatic carbocycles. The Hall–Kier alpha value is -0.570. The lowest BCUT2D eigenvalue weighted by atomic mass is 9.83. The topological polar surface area (TPSA) is 46.3 Å². The van der Waals surface area contributed by atoms with Crippen LogP contribution in [0.4, 0.5) is 0 Å². The van der Waals surface area contributed by atoms with Crippen LogP contribution in [-0.2, 0) is 4.79 Å². The molecule has 1 aliphatic heterocycles. The minimum atomic E-state index is 0.379. The Bertz CT molecular complexity index is 274. The lowest BCUT2D eigenvalue weighted by Gasteiger charge is -2.40. The van der Waals surface area contributed by atoms with Gasteiger partial charge < -0.3 is 10.6 Å². The number of hydrogen-bond acceptors (Lipinski definition) is 2. The average Bonchev–Trinajstić information content (AvgIpc) is 2.32. The largest absolute Gasteiger partial charge is 0.337 e. The molecule has 0 spiro atoms. The van der Waals surface area contributed by atoms with E-state index in [-0.39, 0.29) is 0 Å². The first-order valence-corrected chi connectivity index (χ1v) is 7.64. The highest BCUT2D eigenvalue weighted by molar-refractivity contribution is 5.77. The van der Waals surface area contributed by atoms with Gasteiger partial charge in [-0.05, 0) is 64.7 Å². The Morgan fingerprint density at radius 1 is 1.06 bits per heavy atom. The number of likely N-dealkylation sites (tertiary alicyclic amines) is 1. The average molecular weight is 252 g/mol. The van der Waals surface area contributed by atoms with Crippen molar-refractivity contribution in [3.63, 3.8) is 0 Å². The fourth-order valence-corrected chi connectivity index (χ4v) is 3.66. The molecule has 1 saturated carbocycles. The normalized spacial score (nSPS) is 37.6. The van der Waals surface area contributed by atoms with Crippen LogP contribution in [0, 0.1) is 5.92 Å². The van der Waals surface area contributed by atoms with E-state index in [0.29, 0.717) is 30.0 Å². The number of hydrogen-bond donors (Lipinski definition) is 1. The number of carbonyl (C=O) groups is 1. The van der Waals surface area contributed by atoms with Crippen molar-refractivity contribution in [1.29, 1.82) is 0 Å². The SMILES string of the molecule is C[C@@H]1CCC[C@H](C)N1C(=O)CC1CCC(N)CC1. The lowest BCUT2D eigenvalue weighted by molar-refractivity contribution is -0.138. The molecule has 0 unspecified atom stereocenters. The Morgan fingerprint density at radius 2 is 1.61 bits per heavy atom. The summed E-state index contributed by atoms with van der Waals surface area (Å²) in [6, 6.07) is 1.25. The summed E-state index contributed by atoms with van der Waals surface area (Å²) in [5, 5.41) is 0. The van der Waals surface area contributed by atoms with E-state index in [2.05, 4.69) is 18.7 Å². The van der Waals surface area contributed by atoms with Gasteiger partial charge in [0.05, 0.1) is 0 Å². The van der Waals surface area contributed by atoms with E-state index in [1.807, 2.05) is 0 Å². The van der Waals surface area contributed by atoms with Gasteiger partial charge in [-0.25, -0.2) is 0 Å². The van der Waals surface area contributed by atoms with Gasteiger partial charge in [0.1, 0.15) is 0 Å². The van der Waals surface area contributed by atoms with Gasteiger partial charge in [0.15, 0.2) is 0 Å². The molecule has 0 radical (unpaired) electrons. The van der Waals surface area contributed by atoms with Crippen LogP contribution in [0.1, 0.15) is 65.2 Å². The first kappa shape index (κ1) is 13.9. The van der Waals surface area contributed by atoms with E-state index in [1.165, 1.54) is 19.3 Å². The monoisotopic (exact) mass is 252 g/mol. The number of carbonyl (C=O) groups excluding carboxylic acids is 1. The molecule has 0 aromatic rings. The standard InChI is InChI=1S/C15H28N2O/c1-11-4-3-5-12(2)17(11)15(18)10-13-6-8-14(16)9-7-13/h11-14H,3-10,16H2,1-2H3/t11-,12+,13?,14?. The van der Waals surface area contributed by atoms with Crippen LogP contribution in [-0.4, -0.2) is 28.9 Å². The molecule has 0 aromatic heterocycles. The van der Waals surface area contributed by atoms with Crippen LogP contribution in [0.2, 0.25) is 0 Å². The van der Waals surface area contributed by atoms with Gasteiger partial charge >= 0.3 is 0 Å². The molecule has 2 rings (SSSR count). The van der Waals surface area contributed by atoms with Crippen molar-refractivity contribution >= 4 is 5.91 Å². The highest BCUT2D eigenvalue weighted by Crippen LogP contribution is 2.29. The quantitative estimate of drug-likeness (QED) is 0.821. The number of rotatable bonds is 2. The van der Waals surface area contributed by atoms with E-state index in [1.54, 1.807) is 0 Å². The maximum atomic E-state index is 12.5. The van der Waals surface area contributed by atoms with Gasteiger partial charge in [0, 0.05) is 24.5 Å². The molecule has 2 aliphatic rings. The van der Waals surface area contributed by atoms with Crippen molar-refractivity contribution in [2.24, 2.45) is 11.7 Å². The van der Waals surface area contributed by atoms with Crippen molar-refractivity contribution < 1.29 is 4.79 Å². The highest BCUT2D eigenvalue weighted by Gasteiger charge is 2.30. The van der Waals surface area contributed by atoms with Crippen LogP contribution in [0.3, 0.4) is 0 Å². The summed E-state index contributed by atoms with van der Waals surface area (Å²) in [6.07, 6.45) is 8.85. The zero-order valence-electron chi connectivity index (χ0n) is 11.9. The summed E-state index contributed by atoms with van der Waals surface area (Å²) in [6.45, 7) is 4.40. The Kier molecular flexibility index (Phi) is 4.66. The van der Waals surface area contributed by atoms with E-state index < -0.39 is 0 Å². The second-order valence-electron chi connectivity index (χ2n) is 6.41. The van der Waals surface area contributed by atoms with Crippen LogP contribution in [0.15, 0.2) is 0 Å². The molecule has 2 fully saturated rings. The van der Waals surface area contributed by atoms with E-state index >= 15 is 0 Å². The number of piperidine rings is 1. The minimum Gasteiger partial charge on any atom is -0.337 e. The maximum absolute atomic E-state index is 12.5. The molecular weight excluding hydrogens is 224 g/mol. The Balaban J connectivity index is 1.86.